The molecule has 10 heteroatoms. The van der Waals surface area contributed by atoms with Crippen molar-refractivity contribution in [2.24, 2.45) is 5.14 Å². The molecule has 0 bridgehead atoms. The van der Waals surface area contributed by atoms with Crippen molar-refractivity contribution in [3.05, 3.63) is 48.3 Å². The Morgan fingerprint density at radius 3 is 2.47 bits per heavy atom. The van der Waals surface area contributed by atoms with E-state index in [1.165, 1.54) is 12.1 Å². The number of aryl methyl sites for hydroxylation is 1. The van der Waals surface area contributed by atoms with Crippen molar-refractivity contribution in [1.82, 2.24) is 9.55 Å². The Morgan fingerprint density at radius 1 is 1.09 bits per heavy atom. The molecule has 1 heterocycles. The van der Waals surface area contributed by atoms with Gasteiger partial charge in [0.25, 0.3) is 0 Å². The van der Waals surface area contributed by atoms with E-state index in [1.54, 1.807) is 24.3 Å². The lowest BCUT2D eigenvalue weighted by Crippen LogP contribution is -2.16. The number of rotatable bonds is 11. The van der Waals surface area contributed by atoms with Gasteiger partial charge in [0.05, 0.1) is 22.5 Å². The number of primary sulfonamides is 1. The van der Waals surface area contributed by atoms with E-state index in [0.717, 1.165) is 18.4 Å². The molecular weight excluding hydrogens is 434 g/mol. The minimum absolute atomic E-state index is 0.0185. The normalized spacial score (nSPS) is 11.5. The molecule has 172 valence electrons. The van der Waals surface area contributed by atoms with Crippen LogP contribution in [0.5, 0.6) is 11.5 Å². The summed E-state index contributed by atoms with van der Waals surface area (Å²) < 4.78 is 41.6. The second-order valence-corrected chi connectivity index (χ2v) is 8.62. The van der Waals surface area contributed by atoms with E-state index >= 15 is 0 Å². The minimum atomic E-state index is -3.84. The van der Waals surface area contributed by atoms with Crippen LogP contribution in [0.15, 0.2) is 47.4 Å². The fourth-order valence-electron chi connectivity index (χ4n) is 3.18. The maximum Gasteiger partial charge on any atom is 0.344 e. The zero-order valence-electron chi connectivity index (χ0n) is 18.1. The summed E-state index contributed by atoms with van der Waals surface area (Å²) in [7, 11) is -3.84. The number of imidazole rings is 1. The van der Waals surface area contributed by atoms with E-state index in [2.05, 4.69) is 11.9 Å². The SMILES string of the molecule is CCCCn1c(COC(=O)COc2ccccc2OCC)nc2cc(S(N)(=O)=O)ccc21. The van der Waals surface area contributed by atoms with E-state index in [4.69, 9.17) is 19.3 Å². The molecule has 0 radical (unpaired) electrons. The molecule has 32 heavy (non-hydrogen) atoms. The van der Waals surface area contributed by atoms with Gasteiger partial charge in [-0.25, -0.2) is 23.3 Å². The summed E-state index contributed by atoms with van der Waals surface area (Å²) in [5, 5.41) is 5.23. The van der Waals surface area contributed by atoms with E-state index < -0.39 is 16.0 Å². The van der Waals surface area contributed by atoms with Crippen LogP contribution in [-0.2, 0) is 32.7 Å². The number of benzene rings is 2. The molecule has 0 aliphatic heterocycles. The molecule has 0 saturated carbocycles. The Morgan fingerprint density at radius 2 is 1.81 bits per heavy atom. The molecule has 3 aromatic rings. The van der Waals surface area contributed by atoms with Crippen molar-refractivity contribution < 1.29 is 27.4 Å². The molecule has 0 atom stereocenters. The Hall–Kier alpha value is -3.11. The van der Waals surface area contributed by atoms with Gasteiger partial charge >= 0.3 is 5.97 Å². The number of nitrogens with zero attached hydrogens (tertiary/aromatic N) is 2. The van der Waals surface area contributed by atoms with Gasteiger partial charge in [0.1, 0.15) is 12.4 Å². The average molecular weight is 462 g/mol. The fraction of sp³-hybridized carbons (Fsp3) is 0.364. The Labute approximate surface area is 187 Å². The first kappa shape index (κ1) is 23.6. The summed E-state index contributed by atoms with van der Waals surface area (Å²) in [4.78, 5) is 16.7. The highest BCUT2D eigenvalue weighted by atomic mass is 32.2. The van der Waals surface area contributed by atoms with Crippen LogP contribution in [0, 0.1) is 0 Å². The van der Waals surface area contributed by atoms with Crippen LogP contribution in [0.3, 0.4) is 0 Å². The molecule has 1 aromatic heterocycles. The van der Waals surface area contributed by atoms with Gasteiger partial charge in [0.15, 0.2) is 18.1 Å². The van der Waals surface area contributed by atoms with Crippen molar-refractivity contribution in [3.63, 3.8) is 0 Å². The second kappa shape index (κ2) is 10.5. The molecule has 0 aliphatic carbocycles. The number of para-hydroxylation sites is 2. The van der Waals surface area contributed by atoms with E-state index in [0.29, 0.717) is 36.0 Å². The molecule has 0 spiro atoms. The van der Waals surface area contributed by atoms with Gasteiger partial charge in [-0.2, -0.15) is 0 Å². The first-order valence-corrected chi connectivity index (χ1v) is 11.9. The molecule has 0 fully saturated rings. The summed E-state index contributed by atoms with van der Waals surface area (Å²) in [6.07, 6.45) is 1.85. The number of aromatic nitrogens is 2. The predicted octanol–water partition coefficient (Wildman–Crippen LogP) is 3.00. The summed E-state index contributed by atoms with van der Waals surface area (Å²) in [5.41, 5.74) is 1.22. The number of unbranched alkanes of at least 4 members (excludes halogenated alkanes) is 1. The number of ether oxygens (including phenoxy) is 3. The van der Waals surface area contributed by atoms with E-state index in [-0.39, 0.29) is 18.1 Å². The van der Waals surface area contributed by atoms with Crippen LogP contribution < -0.4 is 14.6 Å². The number of hydrogen-bond donors (Lipinski definition) is 1. The zero-order chi connectivity index (χ0) is 23.1. The monoisotopic (exact) mass is 461 g/mol. The van der Waals surface area contributed by atoms with Crippen LogP contribution in [0.2, 0.25) is 0 Å². The zero-order valence-corrected chi connectivity index (χ0v) is 18.9. The van der Waals surface area contributed by atoms with Crippen molar-refractivity contribution in [3.8, 4) is 11.5 Å². The lowest BCUT2D eigenvalue weighted by Gasteiger charge is -2.12. The minimum Gasteiger partial charge on any atom is -0.490 e. The van der Waals surface area contributed by atoms with Crippen molar-refractivity contribution >= 4 is 27.0 Å². The Bertz CT molecular complexity index is 1190. The topological polar surface area (TPSA) is 123 Å². The smallest absolute Gasteiger partial charge is 0.344 e. The van der Waals surface area contributed by atoms with Crippen LogP contribution in [0.4, 0.5) is 0 Å². The van der Waals surface area contributed by atoms with Crippen LogP contribution in [-0.4, -0.2) is 37.2 Å². The molecular formula is C22H27N3O6S. The Balaban J connectivity index is 1.72. The maximum atomic E-state index is 12.3. The van der Waals surface area contributed by atoms with Gasteiger partial charge in [0, 0.05) is 6.54 Å². The Kier molecular flexibility index (Phi) is 7.70. The van der Waals surface area contributed by atoms with Gasteiger partial charge < -0.3 is 18.8 Å². The molecule has 2 aromatic carbocycles. The number of sulfonamides is 1. The maximum absolute atomic E-state index is 12.3. The molecule has 9 nitrogen and oxygen atoms in total. The van der Waals surface area contributed by atoms with Crippen molar-refractivity contribution in [2.45, 2.75) is 44.7 Å². The highest BCUT2D eigenvalue weighted by Gasteiger charge is 2.16. The lowest BCUT2D eigenvalue weighted by atomic mass is 10.3. The number of esters is 1. The van der Waals surface area contributed by atoms with Crippen LogP contribution >= 0.6 is 0 Å². The quantitative estimate of drug-likeness (QED) is 0.435. The number of nitrogens with two attached hydrogens (primary N) is 1. The molecule has 0 amide bonds. The van der Waals surface area contributed by atoms with Gasteiger partial charge in [-0.05, 0) is 43.7 Å². The highest BCUT2D eigenvalue weighted by molar-refractivity contribution is 7.89. The van der Waals surface area contributed by atoms with Gasteiger partial charge in [-0.3, -0.25) is 0 Å². The first-order chi connectivity index (χ1) is 15.3. The van der Waals surface area contributed by atoms with Gasteiger partial charge in [-0.1, -0.05) is 25.5 Å². The molecule has 0 aliphatic rings. The molecule has 2 N–H and O–H groups in total. The summed E-state index contributed by atoms with van der Waals surface area (Å²) in [5.74, 6) is 0.963. The van der Waals surface area contributed by atoms with Gasteiger partial charge in [-0.15, -0.1) is 0 Å². The van der Waals surface area contributed by atoms with E-state index in [1.807, 2.05) is 17.6 Å². The summed E-state index contributed by atoms with van der Waals surface area (Å²) in [6, 6.07) is 11.6. The largest absolute Gasteiger partial charge is 0.490 e. The fourth-order valence-corrected chi connectivity index (χ4v) is 3.71. The summed E-state index contributed by atoms with van der Waals surface area (Å²) >= 11 is 0. The number of carbonyl (C=O) groups excluding carboxylic acids is 1. The van der Waals surface area contributed by atoms with Crippen LogP contribution in [0.25, 0.3) is 11.0 Å². The lowest BCUT2D eigenvalue weighted by molar-refractivity contribution is -0.147. The van der Waals surface area contributed by atoms with Crippen molar-refractivity contribution in [1.29, 1.82) is 0 Å². The first-order valence-electron chi connectivity index (χ1n) is 10.4. The van der Waals surface area contributed by atoms with E-state index in [9.17, 15) is 13.2 Å². The van der Waals surface area contributed by atoms with Crippen LogP contribution in [0.1, 0.15) is 32.5 Å². The highest BCUT2D eigenvalue weighted by Crippen LogP contribution is 2.26. The number of fused-ring (bicyclic) bond motifs is 1. The standard InChI is InChI=1S/C22H27N3O6S/c1-3-5-12-25-18-11-10-16(32(23,27)28)13-17(18)24-21(25)14-31-22(26)15-30-20-9-7-6-8-19(20)29-4-2/h6-11,13H,3-5,12,14-15H2,1-2H3,(H2,23,27,28). The molecule has 0 unspecified atom stereocenters. The second-order valence-electron chi connectivity index (χ2n) is 7.06. The predicted molar refractivity (Wildman–Crippen MR) is 119 cm³/mol. The molecule has 3 rings (SSSR count). The summed E-state index contributed by atoms with van der Waals surface area (Å²) in [6.45, 7) is 4.71. The molecule has 0 saturated heterocycles. The third-order valence-corrected chi connectivity index (χ3v) is 5.63. The number of hydrogen-bond acceptors (Lipinski definition) is 7. The third-order valence-electron chi connectivity index (χ3n) is 4.72. The third kappa shape index (κ3) is 5.77. The van der Waals surface area contributed by atoms with Gasteiger partial charge in [0.2, 0.25) is 10.0 Å². The average Bonchev–Trinajstić information content (AvgIpc) is 3.12. The number of carbonyl (C=O) groups is 1. The van der Waals surface area contributed by atoms with Crippen molar-refractivity contribution in [2.75, 3.05) is 13.2 Å².